The maximum Gasteiger partial charge on any atom is 0.125 e. The van der Waals surface area contributed by atoms with E-state index in [0.717, 1.165) is 24.3 Å². The quantitative estimate of drug-likeness (QED) is 0.914. The van der Waals surface area contributed by atoms with Gasteiger partial charge in [0, 0.05) is 17.5 Å². The average Bonchev–Trinajstić information content (AvgIpc) is 2.72. The molecule has 1 aromatic heterocycles. The van der Waals surface area contributed by atoms with Crippen LogP contribution in [0.4, 0.5) is 0 Å². The Morgan fingerprint density at radius 1 is 1.47 bits per heavy atom. The molecule has 0 saturated carbocycles. The predicted octanol–water partition coefficient (Wildman–Crippen LogP) is 3.78. The molecule has 0 aliphatic heterocycles. The smallest absolute Gasteiger partial charge is 0.125 e. The average molecular weight is 282 g/mol. The molecule has 0 aromatic carbocycles. The van der Waals surface area contributed by atoms with Crippen LogP contribution in [-0.2, 0) is 16.8 Å². The summed E-state index contributed by atoms with van der Waals surface area (Å²) in [7, 11) is 0. The number of hydrogen-bond acceptors (Lipinski definition) is 4. The fourth-order valence-corrected chi connectivity index (χ4v) is 4.11. The van der Waals surface area contributed by atoms with E-state index in [0.29, 0.717) is 6.61 Å². The molecular formula is C15H26N2OS. The summed E-state index contributed by atoms with van der Waals surface area (Å²) in [6.45, 7) is 11.6. The summed E-state index contributed by atoms with van der Waals surface area (Å²) in [5, 5.41) is 1.09. The van der Waals surface area contributed by atoms with Crippen LogP contribution in [0.25, 0.3) is 0 Å². The molecule has 2 unspecified atom stereocenters. The van der Waals surface area contributed by atoms with E-state index >= 15 is 0 Å². The maximum absolute atomic E-state index is 6.32. The number of ether oxygens (including phenoxy) is 1. The first-order valence-corrected chi connectivity index (χ1v) is 8.02. The third kappa shape index (κ3) is 2.86. The number of fused-ring (bicyclic) bond motifs is 1. The second-order valence-electron chi connectivity index (χ2n) is 6.50. The summed E-state index contributed by atoms with van der Waals surface area (Å²) in [5.74, 6) is 0. The van der Waals surface area contributed by atoms with Gasteiger partial charge in [0.05, 0.1) is 5.69 Å². The molecule has 0 saturated heterocycles. The Kier molecular flexibility index (Phi) is 4.05. The van der Waals surface area contributed by atoms with Crippen LogP contribution in [0.1, 0.15) is 69.1 Å². The van der Waals surface area contributed by atoms with Crippen molar-refractivity contribution in [2.45, 2.75) is 65.5 Å². The summed E-state index contributed by atoms with van der Waals surface area (Å²) in [6, 6.07) is 0.132. The molecule has 3 nitrogen and oxygen atoms in total. The van der Waals surface area contributed by atoms with Gasteiger partial charge in [-0.2, -0.15) is 0 Å². The van der Waals surface area contributed by atoms with Crippen LogP contribution >= 0.6 is 11.3 Å². The molecule has 1 aliphatic rings. The molecule has 4 heteroatoms. The standard InChI is InChI=1S/C15H26N2OS/c1-6-15(5,18-7-2)13-17-11-9-14(3,4)8-10(16)12(11)19-13/h10H,6-9,16H2,1-5H3. The lowest BCUT2D eigenvalue weighted by Gasteiger charge is -2.32. The summed E-state index contributed by atoms with van der Waals surface area (Å²) < 4.78 is 5.94. The van der Waals surface area contributed by atoms with Crippen molar-refractivity contribution in [2.24, 2.45) is 11.1 Å². The molecule has 1 heterocycles. The number of rotatable bonds is 4. The zero-order valence-corrected chi connectivity index (χ0v) is 13.6. The molecule has 2 atom stereocenters. The minimum absolute atomic E-state index is 0.132. The molecule has 2 N–H and O–H groups in total. The highest BCUT2D eigenvalue weighted by Crippen LogP contribution is 2.44. The van der Waals surface area contributed by atoms with Crippen LogP contribution in [0.3, 0.4) is 0 Å². The molecular weight excluding hydrogens is 256 g/mol. The number of aromatic nitrogens is 1. The Hall–Kier alpha value is -0.450. The summed E-state index contributed by atoms with van der Waals surface area (Å²) in [5.41, 5.74) is 7.51. The Balaban J connectivity index is 2.37. The van der Waals surface area contributed by atoms with E-state index in [-0.39, 0.29) is 17.1 Å². The number of nitrogens with two attached hydrogens (primary N) is 1. The minimum Gasteiger partial charge on any atom is -0.368 e. The third-order valence-electron chi connectivity index (χ3n) is 4.07. The second-order valence-corrected chi connectivity index (χ2v) is 7.53. The van der Waals surface area contributed by atoms with Crippen molar-refractivity contribution in [2.75, 3.05) is 6.61 Å². The predicted molar refractivity (Wildman–Crippen MR) is 80.4 cm³/mol. The lowest BCUT2D eigenvalue weighted by molar-refractivity contribution is -0.0325. The number of thiazole rings is 1. The highest BCUT2D eigenvalue weighted by molar-refractivity contribution is 7.12. The van der Waals surface area contributed by atoms with Crippen LogP contribution in [-0.4, -0.2) is 11.6 Å². The van der Waals surface area contributed by atoms with Crippen molar-refractivity contribution in [3.05, 3.63) is 15.6 Å². The SMILES string of the molecule is CCOC(C)(CC)c1nc2c(s1)C(N)CC(C)(C)C2. The highest BCUT2D eigenvalue weighted by atomic mass is 32.1. The van der Waals surface area contributed by atoms with Crippen LogP contribution in [0.2, 0.25) is 0 Å². The Morgan fingerprint density at radius 2 is 2.16 bits per heavy atom. The Labute approximate surface area is 120 Å². The number of hydrogen-bond donors (Lipinski definition) is 1. The van der Waals surface area contributed by atoms with E-state index in [1.807, 2.05) is 6.92 Å². The number of nitrogens with zero attached hydrogens (tertiary/aromatic N) is 1. The molecule has 108 valence electrons. The van der Waals surface area contributed by atoms with Gasteiger partial charge in [-0.15, -0.1) is 11.3 Å². The van der Waals surface area contributed by atoms with Gasteiger partial charge in [0.1, 0.15) is 10.6 Å². The summed E-state index contributed by atoms with van der Waals surface area (Å²) in [6.07, 6.45) is 3.00. The maximum atomic E-state index is 6.32. The largest absolute Gasteiger partial charge is 0.368 e. The van der Waals surface area contributed by atoms with Gasteiger partial charge in [-0.3, -0.25) is 0 Å². The van der Waals surface area contributed by atoms with E-state index in [1.165, 1.54) is 10.6 Å². The van der Waals surface area contributed by atoms with Crippen molar-refractivity contribution < 1.29 is 4.74 Å². The van der Waals surface area contributed by atoms with Crippen LogP contribution in [0.5, 0.6) is 0 Å². The molecule has 1 aliphatic carbocycles. The van der Waals surface area contributed by atoms with Gasteiger partial charge in [0.2, 0.25) is 0 Å². The van der Waals surface area contributed by atoms with Gasteiger partial charge in [-0.05, 0) is 38.5 Å². The summed E-state index contributed by atoms with van der Waals surface area (Å²) >= 11 is 1.75. The first kappa shape index (κ1) is 14.9. The van der Waals surface area contributed by atoms with E-state index in [1.54, 1.807) is 11.3 Å². The van der Waals surface area contributed by atoms with Crippen molar-refractivity contribution in [1.82, 2.24) is 4.98 Å². The van der Waals surface area contributed by atoms with E-state index in [2.05, 4.69) is 27.7 Å². The lowest BCUT2D eigenvalue weighted by atomic mass is 9.77. The van der Waals surface area contributed by atoms with Gasteiger partial charge >= 0.3 is 0 Å². The van der Waals surface area contributed by atoms with Gasteiger partial charge in [0.15, 0.2) is 0 Å². The van der Waals surface area contributed by atoms with Crippen molar-refractivity contribution in [3.8, 4) is 0 Å². The normalized spacial score (nSPS) is 24.8. The first-order chi connectivity index (χ1) is 8.81. The van der Waals surface area contributed by atoms with E-state index in [9.17, 15) is 0 Å². The molecule has 0 radical (unpaired) electrons. The third-order valence-corrected chi connectivity index (χ3v) is 5.55. The van der Waals surface area contributed by atoms with E-state index < -0.39 is 0 Å². The van der Waals surface area contributed by atoms with Gasteiger partial charge < -0.3 is 10.5 Å². The van der Waals surface area contributed by atoms with Crippen molar-refractivity contribution >= 4 is 11.3 Å². The topological polar surface area (TPSA) is 48.1 Å². The van der Waals surface area contributed by atoms with E-state index in [4.69, 9.17) is 15.5 Å². The minimum atomic E-state index is -0.263. The fraction of sp³-hybridized carbons (Fsp3) is 0.800. The monoisotopic (exact) mass is 282 g/mol. The van der Waals surface area contributed by atoms with Crippen molar-refractivity contribution in [3.63, 3.8) is 0 Å². The fourth-order valence-electron chi connectivity index (χ4n) is 2.85. The zero-order valence-electron chi connectivity index (χ0n) is 12.7. The van der Waals surface area contributed by atoms with Gasteiger partial charge in [0.25, 0.3) is 0 Å². The molecule has 0 spiro atoms. The first-order valence-electron chi connectivity index (χ1n) is 7.21. The second kappa shape index (κ2) is 5.15. The molecule has 19 heavy (non-hydrogen) atoms. The molecule has 2 rings (SSSR count). The molecule has 0 fully saturated rings. The molecule has 1 aromatic rings. The van der Waals surface area contributed by atoms with Crippen molar-refractivity contribution in [1.29, 1.82) is 0 Å². The summed E-state index contributed by atoms with van der Waals surface area (Å²) in [4.78, 5) is 6.14. The Morgan fingerprint density at radius 3 is 2.74 bits per heavy atom. The highest BCUT2D eigenvalue weighted by Gasteiger charge is 2.37. The van der Waals surface area contributed by atoms with Crippen LogP contribution < -0.4 is 5.73 Å². The zero-order chi connectivity index (χ0) is 14.3. The van der Waals surface area contributed by atoms with Gasteiger partial charge in [-0.1, -0.05) is 20.8 Å². The van der Waals surface area contributed by atoms with Gasteiger partial charge in [-0.25, -0.2) is 4.98 Å². The molecule has 0 bridgehead atoms. The van der Waals surface area contributed by atoms with Crippen LogP contribution in [0, 0.1) is 5.41 Å². The Bertz CT molecular complexity index is 455. The molecule has 0 amide bonds. The van der Waals surface area contributed by atoms with Crippen LogP contribution in [0.15, 0.2) is 0 Å². The lowest BCUT2D eigenvalue weighted by Crippen LogP contribution is -2.29.